The van der Waals surface area contributed by atoms with Gasteiger partial charge < -0.3 is 69.6 Å². The summed E-state index contributed by atoms with van der Waals surface area (Å²) in [5.41, 5.74) is 11.2. The average molecular weight is 1910 g/mol. The first-order valence-electron chi connectivity index (χ1n) is 45.4. The third-order valence-electron chi connectivity index (χ3n) is 28.3. The highest BCUT2D eigenvalue weighted by molar-refractivity contribution is 5.96. The first-order chi connectivity index (χ1) is 67.4. The summed E-state index contributed by atoms with van der Waals surface area (Å²) in [4.78, 5) is 94.3. The Kier molecular flexibility index (Phi) is 19.5. The molecule has 8 N–H and O–H groups in total. The summed E-state index contributed by atoms with van der Waals surface area (Å²) in [6, 6.07) is 44.8. The number of hydrogen-bond donors (Lipinski definition) is 8. The monoisotopic (exact) mass is 1910 g/mol. The van der Waals surface area contributed by atoms with E-state index in [4.69, 9.17) is 28.4 Å². The van der Waals surface area contributed by atoms with E-state index < -0.39 is 47.0 Å². The molecule has 38 heteroatoms. The molecule has 0 spiro atoms. The molecule has 704 valence electrons. The number of hydrogen-bond acceptors (Lipinski definition) is 18. The maximum atomic E-state index is 13.1. The molecule has 6 aliphatic heterocycles. The van der Waals surface area contributed by atoms with E-state index in [-0.39, 0.29) is 83.2 Å². The lowest BCUT2D eigenvalue weighted by Gasteiger charge is -2.19. The number of nitrogens with one attached hydrogen (secondary N) is 8. The van der Waals surface area contributed by atoms with Crippen molar-refractivity contribution in [1.82, 2.24) is 59.8 Å². The molecule has 8 aromatic heterocycles. The van der Waals surface area contributed by atoms with Crippen molar-refractivity contribution in [3.63, 3.8) is 0 Å². The van der Waals surface area contributed by atoms with Crippen molar-refractivity contribution in [1.29, 1.82) is 0 Å². The first kappa shape index (κ1) is 85.7. The largest absolute Gasteiger partial charge is 0.489 e. The Hall–Kier alpha value is -15.9. The smallest absolute Gasteiger partial charge is 0.416 e. The number of fused-ring (bicyclic) bond motifs is 20. The van der Waals surface area contributed by atoms with Crippen LogP contribution in [0, 0.1) is 11.8 Å². The van der Waals surface area contributed by atoms with E-state index in [9.17, 15) is 71.9 Å². The summed E-state index contributed by atoms with van der Waals surface area (Å²) in [5.74, 6) is 13.0. The number of H-pyrrole nitrogens is 4. The summed E-state index contributed by atoms with van der Waals surface area (Å²) >= 11 is 0. The van der Waals surface area contributed by atoms with Gasteiger partial charge in [-0.2, -0.15) is 52.7 Å². The SMILES string of the molecule is O=C1CCc2c(Oc3ccc4c(c3)[C@@H]3[C@H](C4)[C@H]3c3nc4ccc(C(F)(F)F)cc4[nH]3)ccnc2N1.O=C1CCc2c(Oc3ccc4c(c3)[C@@H]3[C@H](O4)[C@H]3c3nc4ccc(C(F)(F)F)cc4[nH]3)ccnc2N1.O=C1CCc2c(Oc3ccc4c(c3)[C@H]3[C@@H](C4)[C@@H]3c3nc4ccc(C(F)(F)F)cc4[nH]3)ccnc2N1.O=C1CCc2c(Oc3ccc4c(c3)[C@H]3[C@@H](O4)[C@@H]3c3nc4ccc(C(F)(F)F)cc4[nH]3)ccnc2N1. The Bertz CT molecular complexity index is 7030. The number of halogens is 12. The van der Waals surface area contributed by atoms with Crippen molar-refractivity contribution >= 4 is 91.0 Å². The van der Waals surface area contributed by atoms with E-state index in [1.807, 2.05) is 48.5 Å². The van der Waals surface area contributed by atoms with Crippen LogP contribution in [-0.4, -0.2) is 95.6 Å². The van der Waals surface area contributed by atoms with Gasteiger partial charge in [0.05, 0.1) is 78.2 Å². The summed E-state index contributed by atoms with van der Waals surface area (Å²) in [5, 5.41) is 11.1. The number of pyridine rings is 4. The molecule has 4 fully saturated rings. The standard InChI is InChI=1S/2C26H19F3N4O2.2C25H17F3N4O3/c2*27-26(28,29)13-2-5-18-19(10-13)32-25(31-18)23-17-9-12-1-3-14(11-16(12)22(17)23)35-20-7-8-30-24-15(20)4-6-21(34)33-24;2*26-25(27,28)11-1-4-15-16(9-11)31-24(30-15)21-20-14-10-12(2-5-17(14)35-22(20)21)34-18-7-8-29-23-13(18)3-6-19(33)32-23/h2*1-3,5,7-8,10-11,17,22-23H,4,6,9H2,(H,31,32)(H,30,33,34);2*1-2,4-5,7-10,20-22H,3,6H2,(H,30,31)(H,29,32,33)/t2*17-,22+,23+;2*20-,21-,22-/m1010/s1. The second kappa shape index (κ2) is 31.8. The van der Waals surface area contributed by atoms with Crippen molar-refractivity contribution in [3.05, 3.63) is 296 Å². The van der Waals surface area contributed by atoms with Crippen molar-refractivity contribution in [3.8, 4) is 57.5 Å². The fourth-order valence-corrected chi connectivity index (χ4v) is 21.5. The minimum atomic E-state index is -4.41. The summed E-state index contributed by atoms with van der Waals surface area (Å²) in [6.45, 7) is 0. The number of anilines is 4. The minimum Gasteiger partial charge on any atom is -0.489 e. The van der Waals surface area contributed by atoms with Crippen LogP contribution < -0.4 is 49.7 Å². The van der Waals surface area contributed by atoms with Gasteiger partial charge in [0.2, 0.25) is 23.6 Å². The topological polar surface area (TPSA) is 338 Å². The number of nitrogens with zero attached hydrogens (tertiary/aromatic N) is 8. The second-order valence-electron chi connectivity index (χ2n) is 36.8. The Labute approximate surface area is 782 Å². The first-order valence-corrected chi connectivity index (χ1v) is 45.4. The van der Waals surface area contributed by atoms with Gasteiger partial charge in [0.25, 0.3) is 0 Å². The van der Waals surface area contributed by atoms with E-state index in [0.717, 1.165) is 118 Å². The highest BCUT2D eigenvalue weighted by atomic mass is 19.4. The van der Waals surface area contributed by atoms with Crippen molar-refractivity contribution in [2.45, 2.75) is 148 Å². The number of ether oxygens (including phenoxy) is 6. The van der Waals surface area contributed by atoms with Gasteiger partial charge >= 0.3 is 24.7 Å². The molecule has 16 aromatic rings. The second-order valence-corrected chi connectivity index (χ2v) is 36.8. The summed E-state index contributed by atoms with van der Waals surface area (Å²) in [7, 11) is 0. The van der Waals surface area contributed by atoms with Crippen LogP contribution in [0.3, 0.4) is 0 Å². The van der Waals surface area contributed by atoms with Crippen LogP contribution in [0.4, 0.5) is 76.0 Å². The van der Waals surface area contributed by atoms with E-state index >= 15 is 0 Å². The summed E-state index contributed by atoms with van der Waals surface area (Å²) < 4.78 is 194. The number of aromatic amines is 4. The van der Waals surface area contributed by atoms with Crippen LogP contribution in [0.1, 0.15) is 174 Å². The van der Waals surface area contributed by atoms with Crippen LogP contribution in [0.5, 0.6) is 57.5 Å². The number of rotatable bonds is 12. The number of benzene rings is 8. The third-order valence-corrected chi connectivity index (χ3v) is 28.3. The molecule has 12 aliphatic rings. The van der Waals surface area contributed by atoms with Gasteiger partial charge in [-0.3, -0.25) is 19.2 Å². The quantitative estimate of drug-likeness (QED) is 0.0527. The molecule has 0 unspecified atom stereocenters. The van der Waals surface area contributed by atoms with Gasteiger partial charge in [0.15, 0.2) is 0 Å². The molecule has 8 aromatic carbocycles. The Morgan fingerprint density at radius 1 is 0.286 bits per heavy atom. The van der Waals surface area contributed by atoms with Gasteiger partial charge in [-0.25, -0.2) is 39.9 Å². The number of alkyl halides is 12. The van der Waals surface area contributed by atoms with Gasteiger partial charge in [0, 0.05) is 108 Å². The number of amides is 4. The number of imidazole rings is 4. The highest BCUT2D eigenvalue weighted by Crippen LogP contribution is 2.69. The molecule has 140 heavy (non-hydrogen) atoms. The van der Waals surface area contributed by atoms with Gasteiger partial charge in [-0.1, -0.05) is 12.1 Å². The molecule has 0 saturated heterocycles. The zero-order valence-corrected chi connectivity index (χ0v) is 72.7. The predicted molar refractivity (Wildman–Crippen MR) is 480 cm³/mol. The van der Waals surface area contributed by atoms with Crippen molar-refractivity contribution in [2.75, 3.05) is 21.3 Å². The molecule has 28 rings (SSSR count). The maximum Gasteiger partial charge on any atom is 0.416 e. The van der Waals surface area contributed by atoms with Crippen LogP contribution in [-0.2, 0) is 82.4 Å². The van der Waals surface area contributed by atoms with Crippen molar-refractivity contribution < 1.29 is 100 Å². The van der Waals surface area contributed by atoms with Gasteiger partial charge in [-0.05, 0) is 242 Å². The third kappa shape index (κ3) is 15.5. The molecule has 0 bridgehead atoms. The van der Waals surface area contributed by atoms with Crippen molar-refractivity contribution in [2.24, 2.45) is 11.8 Å². The number of carbonyl (C=O) groups excluding carboxylic acids is 4. The van der Waals surface area contributed by atoms with E-state index in [0.29, 0.717) is 188 Å². The van der Waals surface area contributed by atoms with E-state index in [1.165, 1.54) is 46.5 Å². The Morgan fingerprint density at radius 2 is 0.557 bits per heavy atom. The Morgan fingerprint density at radius 3 is 0.843 bits per heavy atom. The molecule has 14 heterocycles. The van der Waals surface area contributed by atoms with Crippen LogP contribution in [0.25, 0.3) is 44.1 Å². The summed E-state index contributed by atoms with van der Waals surface area (Å²) in [6.07, 6.45) is -5.80. The molecular weight excluding hydrogens is 1840 g/mol. The van der Waals surface area contributed by atoms with E-state index in [2.05, 4.69) is 105 Å². The average Bonchev–Trinajstić information content (AvgIpc) is 1.55. The molecule has 0 radical (unpaired) electrons. The molecule has 26 nitrogen and oxygen atoms in total. The van der Waals surface area contributed by atoms with Gasteiger partial charge in [-0.15, -0.1) is 0 Å². The Balaban J connectivity index is 0.0000000985. The lowest BCUT2D eigenvalue weighted by Crippen LogP contribution is -2.20. The number of aromatic nitrogens is 12. The lowest BCUT2D eigenvalue weighted by atomic mass is 10.0. The fraction of sp³-hybridized carbons (Fsp3) is 0.255. The number of carbonyl (C=O) groups is 4. The zero-order chi connectivity index (χ0) is 95.6. The van der Waals surface area contributed by atoms with Crippen LogP contribution in [0.15, 0.2) is 195 Å². The maximum absolute atomic E-state index is 13.1. The van der Waals surface area contributed by atoms with Crippen LogP contribution in [0.2, 0.25) is 0 Å². The molecule has 4 amide bonds. The fourth-order valence-electron chi connectivity index (χ4n) is 21.5. The molecule has 12 atom stereocenters. The lowest BCUT2D eigenvalue weighted by molar-refractivity contribution is -0.138. The normalized spacial score (nSPS) is 22.3. The molecule has 4 saturated carbocycles. The van der Waals surface area contributed by atoms with E-state index in [1.54, 1.807) is 49.1 Å². The van der Waals surface area contributed by atoms with Gasteiger partial charge in [0.1, 0.15) is 116 Å². The molecular formula is C102H72F12N16O10. The zero-order valence-electron chi connectivity index (χ0n) is 72.7. The van der Waals surface area contributed by atoms with Crippen LogP contribution >= 0.6 is 0 Å². The highest BCUT2D eigenvalue weighted by Gasteiger charge is 2.64. The molecule has 6 aliphatic carbocycles. The minimum absolute atomic E-state index is 0.0434. The predicted octanol–water partition coefficient (Wildman–Crippen LogP) is 22.0.